The van der Waals surface area contributed by atoms with Crippen molar-refractivity contribution >= 4 is 17.6 Å². The van der Waals surface area contributed by atoms with E-state index < -0.39 is 18.8 Å². The lowest BCUT2D eigenvalue weighted by molar-refractivity contribution is -0.154. The highest BCUT2D eigenvalue weighted by atomic mass is 19.4. The number of rotatable bonds is 6. The third-order valence-corrected chi connectivity index (χ3v) is 6.22. The number of aryl methyl sites for hydroxylation is 1. The molecule has 1 aliphatic carbocycles. The summed E-state index contributed by atoms with van der Waals surface area (Å²) in [5, 5.41) is 2.90. The minimum absolute atomic E-state index is 0.0260. The van der Waals surface area contributed by atoms with Crippen LogP contribution in [0.25, 0.3) is 0 Å². The smallest absolute Gasteiger partial charge is 0.422 e. The summed E-state index contributed by atoms with van der Waals surface area (Å²) in [4.78, 5) is 35.6. The van der Waals surface area contributed by atoms with Crippen molar-refractivity contribution in [1.82, 2.24) is 14.9 Å². The van der Waals surface area contributed by atoms with Crippen LogP contribution < -0.4 is 10.1 Å². The van der Waals surface area contributed by atoms with Gasteiger partial charge in [0.2, 0.25) is 11.8 Å². The summed E-state index contributed by atoms with van der Waals surface area (Å²) in [6.45, 7) is 2.27. The molecule has 0 spiro atoms. The number of hydrogen-bond acceptors (Lipinski definition) is 5. The van der Waals surface area contributed by atoms with Gasteiger partial charge in [-0.05, 0) is 44.4 Å². The molecule has 10 heteroatoms. The predicted octanol–water partition coefficient (Wildman–Crippen LogP) is 4.57. The molecular weight excluding hydrogens is 437 g/mol. The summed E-state index contributed by atoms with van der Waals surface area (Å²) in [6.07, 6.45) is 2.27. The topological polar surface area (TPSA) is 84.4 Å². The third-order valence-electron chi connectivity index (χ3n) is 6.22. The number of fused-ring (bicyclic) bond motifs is 1. The maximum atomic E-state index is 13.1. The maximum absolute atomic E-state index is 13.1. The largest absolute Gasteiger partial charge is 0.468 e. The van der Waals surface area contributed by atoms with Gasteiger partial charge in [-0.3, -0.25) is 9.59 Å². The summed E-state index contributed by atoms with van der Waals surface area (Å²) in [7, 11) is 0. The van der Waals surface area contributed by atoms with Crippen molar-refractivity contribution in [2.45, 2.75) is 58.3 Å². The Balaban J connectivity index is 1.50. The first-order chi connectivity index (χ1) is 15.6. The molecule has 3 heterocycles. The molecule has 1 unspecified atom stereocenters. The molecule has 1 fully saturated rings. The van der Waals surface area contributed by atoms with E-state index in [0.717, 1.165) is 25.7 Å². The van der Waals surface area contributed by atoms with Crippen LogP contribution in [0.3, 0.4) is 0 Å². The molecule has 1 saturated carbocycles. The summed E-state index contributed by atoms with van der Waals surface area (Å²) in [5.74, 6) is 0.00734. The van der Waals surface area contributed by atoms with Crippen molar-refractivity contribution < 1.29 is 27.5 Å². The first kappa shape index (κ1) is 23.0. The van der Waals surface area contributed by atoms with Crippen molar-refractivity contribution in [3.05, 3.63) is 46.8 Å². The molecule has 2 aliphatic rings. The van der Waals surface area contributed by atoms with E-state index in [1.54, 1.807) is 24.0 Å². The average molecular weight is 462 g/mol. The Kier molecular flexibility index (Phi) is 6.27. The second-order valence-corrected chi connectivity index (χ2v) is 8.56. The number of alkyl halides is 3. The molecule has 1 N–H and O–H groups in total. The van der Waals surface area contributed by atoms with Gasteiger partial charge in [-0.25, -0.2) is 9.97 Å². The van der Waals surface area contributed by atoms with Gasteiger partial charge in [-0.1, -0.05) is 12.8 Å². The molecule has 33 heavy (non-hydrogen) atoms. The second kappa shape index (κ2) is 8.99. The van der Waals surface area contributed by atoms with Crippen LogP contribution in [0, 0.1) is 12.8 Å². The molecule has 0 saturated heterocycles. The standard InChI is InChI=1S/C23H25F3N4O3/c1-13-9-16(10-28-21(13)33-12-23(24,25)26)14(2)30-11-18-17(22(30)32)7-8-27-19(18)29-20(31)15-5-3-4-6-15/h7-10,14-15H,3-6,11-12H2,1-2H3,(H,27,29,31). The lowest BCUT2D eigenvalue weighted by Crippen LogP contribution is -2.27. The van der Waals surface area contributed by atoms with Gasteiger partial charge in [-0.15, -0.1) is 0 Å². The molecule has 0 aromatic carbocycles. The summed E-state index contributed by atoms with van der Waals surface area (Å²) < 4.78 is 42.1. The van der Waals surface area contributed by atoms with Gasteiger partial charge in [0, 0.05) is 35.0 Å². The zero-order valence-electron chi connectivity index (χ0n) is 18.4. The summed E-state index contributed by atoms with van der Waals surface area (Å²) in [5.41, 5.74) is 2.25. The second-order valence-electron chi connectivity index (χ2n) is 8.56. The minimum atomic E-state index is -4.45. The van der Waals surface area contributed by atoms with Gasteiger partial charge >= 0.3 is 6.18 Å². The zero-order valence-corrected chi connectivity index (χ0v) is 18.4. The molecule has 176 valence electrons. The molecular formula is C23H25F3N4O3. The Labute approximate surface area is 189 Å². The minimum Gasteiger partial charge on any atom is -0.468 e. The third kappa shape index (κ3) is 4.94. The Morgan fingerprint density at radius 1 is 1.30 bits per heavy atom. The number of carbonyl (C=O) groups excluding carboxylic acids is 2. The van der Waals surface area contributed by atoms with Gasteiger partial charge in [0.1, 0.15) is 5.82 Å². The molecule has 0 bridgehead atoms. The monoisotopic (exact) mass is 462 g/mol. The Hall–Kier alpha value is -3.17. The van der Waals surface area contributed by atoms with Gasteiger partial charge in [0.25, 0.3) is 5.91 Å². The molecule has 1 aliphatic heterocycles. The lowest BCUT2D eigenvalue weighted by atomic mass is 10.1. The van der Waals surface area contributed by atoms with Crippen LogP contribution in [0.5, 0.6) is 5.88 Å². The number of ether oxygens (including phenoxy) is 1. The molecule has 2 aromatic rings. The van der Waals surface area contributed by atoms with Gasteiger partial charge < -0.3 is 15.0 Å². The number of nitrogens with zero attached hydrogens (tertiary/aromatic N) is 3. The molecule has 1 atom stereocenters. The fourth-order valence-electron chi connectivity index (χ4n) is 4.37. The first-order valence-corrected chi connectivity index (χ1v) is 10.9. The van der Waals surface area contributed by atoms with E-state index in [2.05, 4.69) is 15.3 Å². The van der Waals surface area contributed by atoms with Crippen molar-refractivity contribution in [1.29, 1.82) is 0 Å². The van der Waals surface area contributed by atoms with E-state index >= 15 is 0 Å². The van der Waals surface area contributed by atoms with Crippen LogP contribution >= 0.6 is 0 Å². The molecule has 2 amide bonds. The van der Waals surface area contributed by atoms with Crippen molar-refractivity contribution in [3.8, 4) is 5.88 Å². The highest BCUT2D eigenvalue weighted by Gasteiger charge is 2.35. The number of aromatic nitrogens is 2. The number of pyridine rings is 2. The molecule has 0 radical (unpaired) electrons. The fourth-order valence-corrected chi connectivity index (χ4v) is 4.37. The number of nitrogens with one attached hydrogen (secondary N) is 1. The Bertz CT molecular complexity index is 1070. The molecule has 2 aromatic heterocycles. The van der Waals surface area contributed by atoms with Gasteiger partial charge in [0.05, 0.1) is 12.6 Å². The fraction of sp³-hybridized carbons (Fsp3) is 0.478. The Morgan fingerprint density at radius 3 is 2.70 bits per heavy atom. The van der Waals surface area contributed by atoms with Crippen LogP contribution in [-0.4, -0.2) is 39.5 Å². The van der Waals surface area contributed by atoms with Crippen molar-refractivity contribution in [3.63, 3.8) is 0 Å². The zero-order chi connectivity index (χ0) is 23.8. The van der Waals surface area contributed by atoms with E-state index in [9.17, 15) is 22.8 Å². The number of carbonyl (C=O) groups is 2. The normalized spacial score (nSPS) is 17.2. The number of halogens is 3. The molecule has 4 rings (SSSR count). The van der Waals surface area contributed by atoms with E-state index in [1.165, 1.54) is 12.4 Å². The van der Waals surface area contributed by atoms with Gasteiger partial charge in [0.15, 0.2) is 6.61 Å². The Morgan fingerprint density at radius 2 is 2.03 bits per heavy atom. The van der Waals surface area contributed by atoms with Crippen molar-refractivity contribution in [2.75, 3.05) is 11.9 Å². The summed E-state index contributed by atoms with van der Waals surface area (Å²) in [6, 6.07) is 2.90. The first-order valence-electron chi connectivity index (χ1n) is 10.9. The average Bonchev–Trinajstić information content (AvgIpc) is 3.41. The van der Waals surface area contributed by atoms with Crippen LogP contribution in [0.1, 0.15) is 65.7 Å². The van der Waals surface area contributed by atoms with Gasteiger partial charge in [-0.2, -0.15) is 13.2 Å². The number of anilines is 1. The van der Waals surface area contributed by atoms with Crippen LogP contribution in [0.4, 0.5) is 19.0 Å². The predicted molar refractivity (Wildman–Crippen MR) is 114 cm³/mol. The van der Waals surface area contributed by atoms with E-state index in [4.69, 9.17) is 4.74 Å². The lowest BCUT2D eigenvalue weighted by Gasteiger charge is -2.25. The molecule has 7 nitrogen and oxygen atoms in total. The SMILES string of the molecule is Cc1cc(C(C)N2Cc3c(ccnc3NC(=O)C3CCCC3)C2=O)cnc1OCC(F)(F)F. The van der Waals surface area contributed by atoms with E-state index in [1.807, 2.05) is 6.92 Å². The number of hydrogen-bond donors (Lipinski definition) is 1. The van der Waals surface area contributed by atoms with Crippen LogP contribution in [0.2, 0.25) is 0 Å². The summed E-state index contributed by atoms with van der Waals surface area (Å²) >= 11 is 0. The van der Waals surface area contributed by atoms with E-state index in [-0.39, 0.29) is 30.2 Å². The van der Waals surface area contributed by atoms with Crippen LogP contribution in [0.15, 0.2) is 24.5 Å². The highest BCUT2D eigenvalue weighted by Crippen LogP contribution is 2.35. The maximum Gasteiger partial charge on any atom is 0.422 e. The highest BCUT2D eigenvalue weighted by molar-refractivity contribution is 6.01. The van der Waals surface area contributed by atoms with E-state index in [0.29, 0.717) is 28.1 Å². The van der Waals surface area contributed by atoms with Crippen LogP contribution in [-0.2, 0) is 11.3 Å². The van der Waals surface area contributed by atoms with Crippen molar-refractivity contribution in [2.24, 2.45) is 5.92 Å². The quantitative estimate of drug-likeness (QED) is 0.680. The number of amides is 2.